The van der Waals surface area contributed by atoms with Crippen LogP contribution >= 0.6 is 0 Å². The molecule has 0 unspecified atom stereocenters. The van der Waals surface area contributed by atoms with Crippen molar-refractivity contribution in [3.8, 4) is 5.75 Å². The molecule has 1 aromatic rings. The maximum Gasteiger partial charge on any atom is 0.240 e. The summed E-state index contributed by atoms with van der Waals surface area (Å²) in [6.45, 7) is 5.03. The van der Waals surface area contributed by atoms with Crippen LogP contribution < -0.4 is 10.2 Å². The van der Waals surface area contributed by atoms with Gasteiger partial charge in [-0.15, -0.1) is 0 Å². The van der Waals surface area contributed by atoms with Gasteiger partial charge in [0, 0.05) is 6.42 Å². The molecule has 0 spiro atoms. The van der Waals surface area contributed by atoms with Gasteiger partial charge in [-0.25, -0.2) is 5.43 Å². The van der Waals surface area contributed by atoms with E-state index in [0.717, 1.165) is 37.2 Å². The molecule has 0 radical (unpaired) electrons. The summed E-state index contributed by atoms with van der Waals surface area (Å²) in [4.78, 5) is 11.7. The van der Waals surface area contributed by atoms with Crippen molar-refractivity contribution < 1.29 is 9.53 Å². The fraction of sp³-hybridized carbons (Fsp3) is 0.600. The number of unbranched alkanes of at least 4 members (excludes halogenated alkanes) is 6. The van der Waals surface area contributed by atoms with Gasteiger partial charge in [0.25, 0.3) is 0 Å². The minimum absolute atomic E-state index is 0.0114. The van der Waals surface area contributed by atoms with Crippen LogP contribution in [0.25, 0.3) is 0 Å². The Labute approximate surface area is 146 Å². The molecule has 0 saturated carbocycles. The van der Waals surface area contributed by atoms with Crippen molar-refractivity contribution in [2.24, 2.45) is 5.10 Å². The zero-order valence-electron chi connectivity index (χ0n) is 15.2. The minimum atomic E-state index is -0.0114. The SMILES string of the molecule is CCCCCCCCCC(=O)NN=Cc1ccc(OCCC)cc1. The highest BCUT2D eigenvalue weighted by Gasteiger charge is 1.99. The average Bonchev–Trinajstić information content (AvgIpc) is 2.60. The van der Waals surface area contributed by atoms with E-state index in [1.54, 1.807) is 6.21 Å². The lowest BCUT2D eigenvalue weighted by molar-refractivity contribution is -0.121. The first-order valence-corrected chi connectivity index (χ1v) is 9.31. The first-order valence-electron chi connectivity index (χ1n) is 9.31. The van der Waals surface area contributed by atoms with Crippen LogP contribution in [0, 0.1) is 0 Å². The molecule has 0 fully saturated rings. The fourth-order valence-electron chi connectivity index (χ4n) is 2.35. The third kappa shape index (κ3) is 10.0. The molecule has 1 N–H and O–H groups in total. The number of rotatable bonds is 13. The summed E-state index contributed by atoms with van der Waals surface area (Å²) >= 11 is 0. The summed E-state index contributed by atoms with van der Waals surface area (Å²) in [6, 6.07) is 7.68. The van der Waals surface area contributed by atoms with Gasteiger partial charge in [0.2, 0.25) is 5.91 Å². The van der Waals surface area contributed by atoms with Gasteiger partial charge in [-0.1, -0.05) is 52.4 Å². The smallest absolute Gasteiger partial charge is 0.240 e. The predicted molar refractivity (Wildman–Crippen MR) is 101 cm³/mol. The summed E-state index contributed by atoms with van der Waals surface area (Å²) in [5.41, 5.74) is 3.53. The van der Waals surface area contributed by atoms with Crippen molar-refractivity contribution in [1.82, 2.24) is 5.43 Å². The number of nitrogens with one attached hydrogen (secondary N) is 1. The lowest BCUT2D eigenvalue weighted by Gasteiger charge is -2.04. The summed E-state index contributed by atoms with van der Waals surface area (Å²) in [6.07, 6.45) is 11.7. The van der Waals surface area contributed by atoms with Crippen molar-refractivity contribution in [2.75, 3.05) is 6.61 Å². The standard InChI is InChI=1S/C20H32N2O2/c1-3-5-6-7-8-9-10-11-20(23)22-21-17-18-12-14-19(15-13-18)24-16-4-2/h12-15,17H,3-11,16H2,1-2H3,(H,22,23). The van der Waals surface area contributed by atoms with Gasteiger partial charge in [0.1, 0.15) is 5.75 Å². The molecule has 0 saturated heterocycles. The Morgan fingerprint density at radius 2 is 1.67 bits per heavy atom. The molecule has 0 atom stereocenters. The Balaban J connectivity index is 2.13. The molecule has 0 bridgehead atoms. The van der Waals surface area contributed by atoms with Crippen LogP contribution in [0.1, 0.15) is 77.2 Å². The van der Waals surface area contributed by atoms with Crippen molar-refractivity contribution >= 4 is 12.1 Å². The van der Waals surface area contributed by atoms with Crippen LogP contribution in [-0.2, 0) is 4.79 Å². The summed E-state index contributed by atoms with van der Waals surface area (Å²) in [5.74, 6) is 0.847. The number of hydrogen-bond acceptors (Lipinski definition) is 3. The number of hydrazone groups is 1. The first-order chi connectivity index (χ1) is 11.8. The molecule has 1 amide bonds. The van der Waals surface area contributed by atoms with Crippen LogP contribution in [0.4, 0.5) is 0 Å². The molecule has 0 aliphatic heterocycles. The van der Waals surface area contributed by atoms with Gasteiger partial charge in [0.05, 0.1) is 12.8 Å². The van der Waals surface area contributed by atoms with Gasteiger partial charge in [0.15, 0.2) is 0 Å². The Kier molecular flexibility index (Phi) is 11.4. The van der Waals surface area contributed by atoms with Crippen molar-refractivity contribution in [3.05, 3.63) is 29.8 Å². The second-order valence-corrected chi connectivity index (χ2v) is 6.08. The highest BCUT2D eigenvalue weighted by molar-refractivity contribution is 5.82. The Morgan fingerprint density at radius 1 is 1.00 bits per heavy atom. The number of carbonyl (C=O) groups is 1. The largest absolute Gasteiger partial charge is 0.494 e. The Hall–Kier alpha value is -1.84. The normalized spacial score (nSPS) is 10.9. The Morgan fingerprint density at radius 3 is 2.33 bits per heavy atom. The maximum absolute atomic E-state index is 11.7. The second-order valence-electron chi connectivity index (χ2n) is 6.08. The lowest BCUT2D eigenvalue weighted by Crippen LogP contribution is -2.16. The van der Waals surface area contributed by atoms with Gasteiger partial charge < -0.3 is 4.74 Å². The van der Waals surface area contributed by atoms with Crippen LogP contribution in [0.15, 0.2) is 29.4 Å². The van der Waals surface area contributed by atoms with E-state index in [-0.39, 0.29) is 5.91 Å². The highest BCUT2D eigenvalue weighted by Crippen LogP contribution is 2.11. The number of hydrogen-bond donors (Lipinski definition) is 1. The van der Waals surface area contributed by atoms with E-state index in [4.69, 9.17) is 4.74 Å². The molecule has 0 aliphatic carbocycles. The molecular weight excluding hydrogens is 300 g/mol. The second kappa shape index (κ2) is 13.6. The topological polar surface area (TPSA) is 50.7 Å². The van der Waals surface area contributed by atoms with Crippen LogP contribution in [0.5, 0.6) is 5.75 Å². The van der Waals surface area contributed by atoms with Crippen molar-refractivity contribution in [2.45, 2.75) is 71.6 Å². The van der Waals surface area contributed by atoms with Gasteiger partial charge in [-0.2, -0.15) is 5.10 Å². The number of amides is 1. The summed E-state index contributed by atoms with van der Waals surface area (Å²) < 4.78 is 5.52. The van der Waals surface area contributed by atoms with E-state index in [9.17, 15) is 4.79 Å². The van der Waals surface area contributed by atoms with E-state index in [1.165, 1.54) is 32.1 Å². The van der Waals surface area contributed by atoms with Crippen LogP contribution in [0.2, 0.25) is 0 Å². The molecule has 4 nitrogen and oxygen atoms in total. The maximum atomic E-state index is 11.7. The van der Waals surface area contributed by atoms with Crippen molar-refractivity contribution in [3.63, 3.8) is 0 Å². The van der Waals surface area contributed by atoms with Crippen LogP contribution in [0.3, 0.4) is 0 Å². The number of ether oxygens (including phenoxy) is 1. The van der Waals surface area contributed by atoms with Gasteiger partial charge in [-0.3, -0.25) is 4.79 Å². The molecule has 0 aromatic heterocycles. The van der Waals surface area contributed by atoms with Gasteiger partial charge in [-0.05, 0) is 42.7 Å². The monoisotopic (exact) mass is 332 g/mol. The average molecular weight is 332 g/mol. The van der Waals surface area contributed by atoms with E-state index in [0.29, 0.717) is 6.42 Å². The van der Waals surface area contributed by atoms with E-state index in [2.05, 4.69) is 24.4 Å². The molecule has 24 heavy (non-hydrogen) atoms. The molecule has 0 heterocycles. The quantitative estimate of drug-likeness (QED) is 0.311. The van der Waals surface area contributed by atoms with E-state index >= 15 is 0 Å². The minimum Gasteiger partial charge on any atom is -0.494 e. The molecular formula is C20H32N2O2. The van der Waals surface area contributed by atoms with Crippen LogP contribution in [-0.4, -0.2) is 18.7 Å². The lowest BCUT2D eigenvalue weighted by atomic mass is 10.1. The van der Waals surface area contributed by atoms with Gasteiger partial charge >= 0.3 is 0 Å². The molecule has 4 heteroatoms. The Bertz CT molecular complexity index is 469. The molecule has 1 aromatic carbocycles. The predicted octanol–water partition coefficient (Wildman–Crippen LogP) is 5.07. The van der Waals surface area contributed by atoms with E-state index < -0.39 is 0 Å². The third-order valence-corrected chi connectivity index (χ3v) is 3.76. The zero-order valence-corrected chi connectivity index (χ0v) is 15.2. The number of carbonyl (C=O) groups excluding carboxylic acids is 1. The number of nitrogens with zero attached hydrogens (tertiary/aromatic N) is 1. The molecule has 1 rings (SSSR count). The first kappa shape index (κ1) is 20.2. The molecule has 0 aliphatic rings. The fourth-order valence-corrected chi connectivity index (χ4v) is 2.35. The summed E-state index contributed by atoms with van der Waals surface area (Å²) in [7, 11) is 0. The number of benzene rings is 1. The summed E-state index contributed by atoms with van der Waals surface area (Å²) in [5, 5.41) is 4.01. The highest BCUT2D eigenvalue weighted by atomic mass is 16.5. The van der Waals surface area contributed by atoms with Crippen molar-refractivity contribution in [1.29, 1.82) is 0 Å². The van der Waals surface area contributed by atoms with E-state index in [1.807, 2.05) is 24.3 Å². The third-order valence-electron chi connectivity index (χ3n) is 3.76. The molecule has 134 valence electrons. The zero-order chi connectivity index (χ0) is 17.5.